The van der Waals surface area contributed by atoms with Crippen LogP contribution in [0.15, 0.2) is 176 Å². The number of para-hydroxylation sites is 1. The Labute approximate surface area is 281 Å². The second-order valence-corrected chi connectivity index (χ2v) is 15.6. The average molecular weight is 628 g/mol. The lowest BCUT2D eigenvalue weighted by Gasteiger charge is -2.36. The molecule has 0 fully saturated rings. The summed E-state index contributed by atoms with van der Waals surface area (Å²) >= 11 is 0. The first-order chi connectivity index (χ1) is 23.7. The van der Waals surface area contributed by atoms with Gasteiger partial charge in [-0.15, -0.1) is 0 Å². The normalized spacial score (nSPS) is 11.3. The summed E-state index contributed by atoms with van der Waals surface area (Å²) in [6.07, 6.45) is 0. The van der Waals surface area contributed by atoms with E-state index in [0.29, 0.717) is 11.4 Å². The molecule has 1 heterocycles. The molecule has 0 bridgehead atoms. The molecule has 0 aliphatic carbocycles. The summed E-state index contributed by atoms with van der Waals surface area (Å²) in [7, 11) is -2.90. The van der Waals surface area contributed by atoms with Crippen LogP contribution in [0.1, 0.15) is 0 Å². The van der Waals surface area contributed by atoms with Crippen molar-refractivity contribution in [2.75, 3.05) is 0 Å². The fourth-order valence-electron chi connectivity index (χ4n) is 7.37. The van der Waals surface area contributed by atoms with Crippen LogP contribution in [0.5, 0.6) is 0 Å². The molecule has 48 heavy (non-hydrogen) atoms. The lowest BCUT2D eigenvalue weighted by Crippen LogP contribution is -2.75. The molecule has 0 aliphatic heterocycles. The van der Waals surface area contributed by atoms with Crippen molar-refractivity contribution in [3.8, 4) is 16.8 Å². The Morgan fingerprint density at radius 2 is 1.02 bits per heavy atom. The molecule has 3 nitrogen and oxygen atoms in total. The van der Waals surface area contributed by atoms with E-state index in [0.717, 1.165) is 38.6 Å². The quantitative estimate of drug-likeness (QED) is 0.0993. The molecule has 0 radical (unpaired) electrons. The van der Waals surface area contributed by atoms with Gasteiger partial charge >= 0.3 is 0 Å². The summed E-state index contributed by atoms with van der Waals surface area (Å²) in [4.78, 5) is 7.80. The second kappa shape index (κ2) is 12.0. The number of aromatic nitrogens is 1. The van der Waals surface area contributed by atoms with Crippen molar-refractivity contribution in [1.82, 2.24) is 4.57 Å². The van der Waals surface area contributed by atoms with Gasteiger partial charge in [0.2, 0.25) is 0 Å². The Morgan fingerprint density at radius 1 is 0.458 bits per heavy atom. The van der Waals surface area contributed by atoms with Crippen LogP contribution >= 0.6 is 0 Å². The van der Waals surface area contributed by atoms with E-state index in [1.807, 2.05) is 36.4 Å². The number of hydrogen-bond donors (Lipinski definition) is 0. The highest BCUT2D eigenvalue weighted by molar-refractivity contribution is 7.20. The van der Waals surface area contributed by atoms with Crippen LogP contribution in [0.25, 0.3) is 48.3 Å². The van der Waals surface area contributed by atoms with Gasteiger partial charge in [-0.25, -0.2) is 9.69 Å². The van der Waals surface area contributed by atoms with Crippen LogP contribution in [0, 0.1) is 13.1 Å². The van der Waals surface area contributed by atoms with Crippen molar-refractivity contribution in [2.24, 2.45) is 0 Å². The molecule has 0 saturated carbocycles. The van der Waals surface area contributed by atoms with Gasteiger partial charge in [0.1, 0.15) is 0 Å². The molecule has 0 N–H and O–H groups in total. The van der Waals surface area contributed by atoms with Crippen molar-refractivity contribution in [2.45, 2.75) is 0 Å². The van der Waals surface area contributed by atoms with E-state index in [4.69, 9.17) is 13.1 Å². The maximum atomic E-state index is 8.33. The van der Waals surface area contributed by atoms with Gasteiger partial charge in [-0.3, -0.25) is 0 Å². The van der Waals surface area contributed by atoms with Gasteiger partial charge in [-0.2, -0.15) is 0 Å². The van der Waals surface area contributed by atoms with Gasteiger partial charge in [0, 0.05) is 11.1 Å². The third-order valence-electron chi connectivity index (χ3n) is 9.39. The summed E-state index contributed by atoms with van der Waals surface area (Å²) < 4.78 is 2.26. The zero-order valence-corrected chi connectivity index (χ0v) is 27.1. The third-order valence-corrected chi connectivity index (χ3v) is 14.2. The largest absolute Gasteiger partial charge is 0.309 e. The molecule has 0 saturated heterocycles. The maximum absolute atomic E-state index is 8.33. The highest BCUT2D eigenvalue weighted by Gasteiger charge is 2.43. The predicted octanol–water partition coefficient (Wildman–Crippen LogP) is 8.93. The molecule has 0 unspecified atom stereocenters. The van der Waals surface area contributed by atoms with E-state index in [9.17, 15) is 0 Å². The Kier molecular flexibility index (Phi) is 7.27. The van der Waals surface area contributed by atoms with Crippen LogP contribution < -0.4 is 20.7 Å². The van der Waals surface area contributed by atoms with Gasteiger partial charge < -0.3 is 4.57 Å². The number of fused-ring (bicyclic) bond motifs is 3. The summed E-state index contributed by atoms with van der Waals surface area (Å²) in [5.41, 5.74) is 6.44. The van der Waals surface area contributed by atoms with E-state index in [-0.39, 0.29) is 0 Å². The van der Waals surface area contributed by atoms with E-state index in [1.54, 1.807) is 0 Å². The Bertz CT molecular complexity index is 2410. The first-order valence-corrected chi connectivity index (χ1v) is 17.9. The van der Waals surface area contributed by atoms with Crippen molar-refractivity contribution in [3.05, 3.63) is 199 Å². The maximum Gasteiger partial charge on any atom is 0.194 e. The van der Waals surface area contributed by atoms with Crippen LogP contribution in [0.4, 0.5) is 11.4 Å². The van der Waals surface area contributed by atoms with Gasteiger partial charge in [0.05, 0.1) is 24.2 Å². The monoisotopic (exact) mass is 627 g/mol. The van der Waals surface area contributed by atoms with Crippen LogP contribution in [-0.4, -0.2) is 12.6 Å². The van der Waals surface area contributed by atoms with E-state index in [2.05, 4.69) is 154 Å². The number of benzene rings is 7. The van der Waals surface area contributed by atoms with Crippen molar-refractivity contribution in [1.29, 1.82) is 0 Å². The van der Waals surface area contributed by atoms with Crippen LogP contribution in [0.3, 0.4) is 0 Å². The summed E-state index contributed by atoms with van der Waals surface area (Å²) in [5.74, 6) is 0. The summed E-state index contributed by atoms with van der Waals surface area (Å²) in [5, 5.41) is 7.18. The van der Waals surface area contributed by atoms with Gasteiger partial charge in [-0.1, -0.05) is 146 Å². The summed E-state index contributed by atoms with van der Waals surface area (Å²) in [6, 6.07) is 61.7. The molecule has 224 valence electrons. The molecular weight excluding hydrogens is 599 g/mol. The molecule has 0 spiro atoms. The minimum atomic E-state index is -2.90. The molecule has 0 aliphatic rings. The smallest absolute Gasteiger partial charge is 0.194 e. The first kappa shape index (κ1) is 29.0. The molecule has 4 heteroatoms. The highest BCUT2D eigenvalue weighted by Crippen LogP contribution is 2.36. The summed E-state index contributed by atoms with van der Waals surface area (Å²) in [6.45, 7) is 15.9. The lowest BCUT2D eigenvalue weighted by atomic mass is 10.0. The van der Waals surface area contributed by atoms with Crippen molar-refractivity contribution >= 4 is 62.0 Å². The van der Waals surface area contributed by atoms with E-state index in [1.165, 1.54) is 20.7 Å². The highest BCUT2D eigenvalue weighted by atomic mass is 28.3. The van der Waals surface area contributed by atoms with Gasteiger partial charge in [0.15, 0.2) is 19.4 Å². The fourth-order valence-corrected chi connectivity index (χ4v) is 12.4. The molecule has 8 rings (SSSR count). The minimum absolute atomic E-state index is 0.631. The average Bonchev–Trinajstić information content (AvgIpc) is 3.50. The van der Waals surface area contributed by atoms with E-state index < -0.39 is 8.07 Å². The Balaban J connectivity index is 1.39. The first-order valence-electron chi connectivity index (χ1n) is 15.9. The Hall–Kier alpha value is -6.46. The van der Waals surface area contributed by atoms with Gasteiger partial charge in [0.25, 0.3) is 0 Å². The zero-order valence-electron chi connectivity index (χ0n) is 26.1. The molecule has 0 amide bonds. The van der Waals surface area contributed by atoms with Crippen molar-refractivity contribution in [3.63, 3.8) is 0 Å². The van der Waals surface area contributed by atoms with E-state index >= 15 is 0 Å². The standard InChI is InChI=1S/C44H29N3Si/c1-45-33-27-30-42-39(31-33)38-21-12-13-23-41(38)47(42)34-28-25-32(26-29-34)44-40(46-2)22-14-24-43(44)48(35-15-6-3-7-16-35,36-17-8-4-9-18-36)37-19-10-5-11-20-37/h3-31H. The molecular formula is C44H29N3Si. The molecule has 7 aromatic carbocycles. The minimum Gasteiger partial charge on any atom is -0.309 e. The third kappa shape index (κ3) is 4.55. The van der Waals surface area contributed by atoms with Crippen LogP contribution in [-0.2, 0) is 0 Å². The fraction of sp³-hybridized carbons (Fsp3) is 0. The Morgan fingerprint density at radius 3 is 1.60 bits per heavy atom. The van der Waals surface area contributed by atoms with Crippen molar-refractivity contribution < 1.29 is 0 Å². The molecule has 1 aromatic heterocycles. The SMILES string of the molecule is [C-]#[N+]c1ccc2c(c1)c1ccccc1n2-c1ccc(-c2c([N+]#[C-])cccc2[Si](c2ccccc2)(c2ccccc2)c2ccccc2)cc1. The number of nitrogens with zero attached hydrogens (tertiary/aromatic N) is 3. The van der Waals surface area contributed by atoms with Gasteiger partial charge in [-0.05, 0) is 67.6 Å². The zero-order chi connectivity index (χ0) is 32.5. The number of hydrogen-bond acceptors (Lipinski definition) is 0. The molecule has 8 aromatic rings. The van der Waals surface area contributed by atoms with Crippen LogP contribution in [0.2, 0.25) is 0 Å². The second-order valence-electron chi connectivity index (χ2n) is 11.9. The number of rotatable bonds is 6. The lowest BCUT2D eigenvalue weighted by molar-refractivity contribution is 1.18. The predicted molar refractivity (Wildman–Crippen MR) is 202 cm³/mol. The topological polar surface area (TPSA) is 13.6 Å². The molecule has 0 atom stereocenters.